The maximum atomic E-state index is 13.0. The van der Waals surface area contributed by atoms with E-state index in [4.69, 9.17) is 0 Å². The molecule has 0 bridgehead atoms. The van der Waals surface area contributed by atoms with Gasteiger partial charge in [-0.1, -0.05) is 141 Å². The van der Waals surface area contributed by atoms with Crippen molar-refractivity contribution < 1.29 is 19.8 Å². The first kappa shape index (κ1) is 42.5. The molecule has 0 saturated carbocycles. The number of amides is 1. The van der Waals surface area contributed by atoms with Crippen LogP contribution in [-0.2, 0) is 9.59 Å². The van der Waals surface area contributed by atoms with Gasteiger partial charge in [0.05, 0.1) is 25.2 Å². The molecule has 1 amide bonds. The molecule has 0 aliphatic rings. The largest absolute Gasteiger partial charge is 0.394 e. The highest BCUT2D eigenvalue weighted by Gasteiger charge is 2.27. The maximum Gasteiger partial charge on any atom is 0.230 e. The molecule has 0 rings (SSSR count). The minimum absolute atomic E-state index is 0.00684. The van der Waals surface area contributed by atoms with Gasteiger partial charge in [0.2, 0.25) is 5.91 Å². The van der Waals surface area contributed by atoms with Crippen LogP contribution in [0.1, 0.15) is 187 Å². The number of ketones is 1. The number of allylic oxidation sites excluding steroid dienone is 4. The molecule has 0 saturated heterocycles. The molecule has 0 spiro atoms. The van der Waals surface area contributed by atoms with Gasteiger partial charge in [-0.15, -0.1) is 0 Å². The van der Waals surface area contributed by atoms with Crippen molar-refractivity contribution in [3.05, 3.63) is 24.3 Å². The van der Waals surface area contributed by atoms with E-state index in [1.54, 1.807) is 0 Å². The Kier molecular flexibility index (Phi) is 33.3. The van der Waals surface area contributed by atoms with E-state index < -0.39 is 12.0 Å². The fourth-order valence-electron chi connectivity index (χ4n) is 5.68. The molecule has 0 aromatic carbocycles. The van der Waals surface area contributed by atoms with Crippen molar-refractivity contribution >= 4 is 11.7 Å². The van der Waals surface area contributed by atoms with Gasteiger partial charge < -0.3 is 15.5 Å². The highest BCUT2D eigenvalue weighted by molar-refractivity contribution is 6.01. The number of hydrogen-bond donors (Lipinski definition) is 3. The van der Waals surface area contributed by atoms with Gasteiger partial charge in [-0.05, 0) is 64.2 Å². The second-order valence-corrected chi connectivity index (χ2v) is 12.9. The van der Waals surface area contributed by atoms with Crippen LogP contribution in [0.15, 0.2) is 24.3 Å². The van der Waals surface area contributed by atoms with Gasteiger partial charge in [0.1, 0.15) is 5.78 Å². The van der Waals surface area contributed by atoms with Gasteiger partial charge >= 0.3 is 0 Å². The number of Topliss-reactive ketones (excluding diaryl/α,β-unsaturated/α-hetero) is 1. The summed E-state index contributed by atoms with van der Waals surface area (Å²) < 4.78 is 0. The molecule has 0 fully saturated rings. The van der Waals surface area contributed by atoms with Crippen molar-refractivity contribution in [2.45, 2.75) is 193 Å². The molecule has 3 N–H and O–H groups in total. The fourth-order valence-corrected chi connectivity index (χ4v) is 5.68. The summed E-state index contributed by atoms with van der Waals surface area (Å²) in [6.07, 6.45) is 40.5. The van der Waals surface area contributed by atoms with Gasteiger partial charge in [0.15, 0.2) is 0 Å². The molecule has 0 aliphatic heterocycles. The Balaban J connectivity index is 4.15. The first-order valence-corrected chi connectivity index (χ1v) is 18.9. The number of carbonyl (C=O) groups excluding carboxylic acids is 2. The first-order valence-electron chi connectivity index (χ1n) is 18.9. The summed E-state index contributed by atoms with van der Waals surface area (Å²) in [6, 6.07) is -0.708. The average Bonchev–Trinajstić information content (AvgIpc) is 3.03. The lowest BCUT2D eigenvalue weighted by Crippen LogP contribution is -2.45. The average molecular weight is 620 g/mol. The molecule has 0 aromatic rings. The molecule has 0 aromatic heterocycles. The predicted octanol–water partition coefficient (Wildman–Crippen LogP) is 10.3. The zero-order valence-corrected chi connectivity index (χ0v) is 29.2. The summed E-state index contributed by atoms with van der Waals surface area (Å²) in [6.45, 7) is 3.85. The molecule has 5 nitrogen and oxygen atoms in total. The Morgan fingerprint density at radius 1 is 0.523 bits per heavy atom. The minimum atomic E-state index is -0.708. The first-order chi connectivity index (χ1) is 21.6. The van der Waals surface area contributed by atoms with Crippen LogP contribution in [0.5, 0.6) is 0 Å². The van der Waals surface area contributed by atoms with Crippen molar-refractivity contribution in [2.24, 2.45) is 5.92 Å². The van der Waals surface area contributed by atoms with Crippen LogP contribution in [0, 0.1) is 5.92 Å². The molecule has 1 unspecified atom stereocenters. The predicted molar refractivity (Wildman–Crippen MR) is 189 cm³/mol. The third kappa shape index (κ3) is 28.0. The van der Waals surface area contributed by atoms with E-state index in [1.807, 2.05) is 0 Å². The third-order valence-corrected chi connectivity index (χ3v) is 8.68. The van der Waals surface area contributed by atoms with Gasteiger partial charge in [0.25, 0.3) is 0 Å². The van der Waals surface area contributed by atoms with Crippen molar-refractivity contribution in [3.8, 4) is 0 Å². The van der Waals surface area contributed by atoms with Crippen molar-refractivity contribution in [2.75, 3.05) is 13.2 Å². The number of carbonyl (C=O) groups is 2. The lowest BCUT2D eigenvalue weighted by molar-refractivity contribution is -0.135. The van der Waals surface area contributed by atoms with E-state index >= 15 is 0 Å². The van der Waals surface area contributed by atoms with Gasteiger partial charge in [0, 0.05) is 6.42 Å². The van der Waals surface area contributed by atoms with Gasteiger partial charge in [-0.25, -0.2) is 0 Å². The molecule has 44 heavy (non-hydrogen) atoms. The Hall–Kier alpha value is -1.46. The van der Waals surface area contributed by atoms with Crippen LogP contribution in [0.4, 0.5) is 0 Å². The molecule has 1 atom stereocenters. The second kappa shape index (κ2) is 34.4. The number of aliphatic hydroxyl groups excluding tert-OH is 2. The molecular formula is C39H73NO4. The fraction of sp³-hybridized carbons (Fsp3) is 0.846. The number of aliphatic hydroxyl groups is 2. The third-order valence-electron chi connectivity index (χ3n) is 8.68. The van der Waals surface area contributed by atoms with E-state index in [1.165, 1.54) is 103 Å². The Bertz CT molecular complexity index is 686. The van der Waals surface area contributed by atoms with E-state index in [2.05, 4.69) is 43.5 Å². The summed E-state index contributed by atoms with van der Waals surface area (Å²) in [5, 5.41) is 21.4. The van der Waals surface area contributed by atoms with E-state index in [0.29, 0.717) is 12.8 Å². The van der Waals surface area contributed by atoms with Gasteiger partial charge in [-0.3, -0.25) is 9.59 Å². The SMILES string of the molecule is CCCCCCCCC=CCCCCCCCC(=O)C(CCCCCC/C=C\CCCCCCCC)C(=O)NC(CO)CO. The standard InChI is InChI=1S/C39H73NO4/c1-3-5-7-9-11-13-15-17-19-21-23-25-27-29-31-33-38(43)37(39(44)40-36(34-41)35-42)32-30-28-26-24-22-20-18-16-14-12-10-8-6-4-2/h17-20,36-37,41-42H,3-16,21-35H2,1-2H3,(H,40,44)/b19-17?,20-18-. The molecule has 0 radical (unpaired) electrons. The highest BCUT2D eigenvalue weighted by Crippen LogP contribution is 2.18. The quantitative estimate of drug-likeness (QED) is 0.0380. The highest BCUT2D eigenvalue weighted by atomic mass is 16.3. The van der Waals surface area contributed by atoms with Crippen molar-refractivity contribution in [1.29, 1.82) is 0 Å². The maximum absolute atomic E-state index is 13.0. The second-order valence-electron chi connectivity index (χ2n) is 12.9. The monoisotopic (exact) mass is 620 g/mol. The molecular weight excluding hydrogens is 546 g/mol. The number of unbranched alkanes of at least 4 members (excludes halogenated alkanes) is 21. The van der Waals surface area contributed by atoms with Crippen LogP contribution in [0.25, 0.3) is 0 Å². The number of rotatable bonds is 34. The summed E-state index contributed by atoms with van der Waals surface area (Å²) in [5.41, 5.74) is 0. The van der Waals surface area contributed by atoms with Crippen LogP contribution < -0.4 is 5.32 Å². The van der Waals surface area contributed by atoms with E-state index in [-0.39, 0.29) is 24.9 Å². The Morgan fingerprint density at radius 3 is 1.30 bits per heavy atom. The zero-order valence-electron chi connectivity index (χ0n) is 29.2. The Morgan fingerprint density at radius 2 is 0.886 bits per heavy atom. The van der Waals surface area contributed by atoms with Crippen molar-refractivity contribution in [1.82, 2.24) is 5.32 Å². The molecule has 0 heterocycles. The Labute approximate surface area is 273 Å². The normalized spacial score (nSPS) is 12.6. The topological polar surface area (TPSA) is 86.6 Å². The van der Waals surface area contributed by atoms with Crippen LogP contribution >= 0.6 is 0 Å². The summed E-state index contributed by atoms with van der Waals surface area (Å²) in [4.78, 5) is 25.9. The molecule has 258 valence electrons. The van der Waals surface area contributed by atoms with E-state index in [0.717, 1.165) is 57.8 Å². The minimum Gasteiger partial charge on any atom is -0.394 e. The number of nitrogens with one attached hydrogen (secondary N) is 1. The van der Waals surface area contributed by atoms with E-state index in [9.17, 15) is 19.8 Å². The smallest absolute Gasteiger partial charge is 0.230 e. The lowest BCUT2D eigenvalue weighted by Gasteiger charge is -2.19. The summed E-state index contributed by atoms with van der Waals surface area (Å²) in [5.74, 6) is -1.01. The summed E-state index contributed by atoms with van der Waals surface area (Å²) in [7, 11) is 0. The van der Waals surface area contributed by atoms with Crippen molar-refractivity contribution in [3.63, 3.8) is 0 Å². The molecule has 5 heteroatoms. The van der Waals surface area contributed by atoms with Crippen LogP contribution in [-0.4, -0.2) is 41.2 Å². The molecule has 0 aliphatic carbocycles. The lowest BCUT2D eigenvalue weighted by atomic mass is 9.91. The zero-order chi connectivity index (χ0) is 32.4. The van der Waals surface area contributed by atoms with Crippen LogP contribution in [0.2, 0.25) is 0 Å². The van der Waals surface area contributed by atoms with Gasteiger partial charge in [-0.2, -0.15) is 0 Å². The summed E-state index contributed by atoms with van der Waals surface area (Å²) >= 11 is 0. The number of hydrogen-bond acceptors (Lipinski definition) is 4. The van der Waals surface area contributed by atoms with Crippen LogP contribution in [0.3, 0.4) is 0 Å².